The maximum absolute atomic E-state index is 4.40. The molecule has 3 rings (SSSR count). The molecule has 0 spiro atoms. The van der Waals surface area contributed by atoms with Gasteiger partial charge in [0.05, 0.1) is 0 Å². The van der Waals surface area contributed by atoms with Crippen molar-refractivity contribution in [3.63, 3.8) is 0 Å². The normalized spacial score (nSPS) is 23.0. The van der Waals surface area contributed by atoms with Gasteiger partial charge in [0.25, 0.3) is 0 Å². The van der Waals surface area contributed by atoms with E-state index in [0.717, 1.165) is 18.3 Å². The molecule has 1 aromatic heterocycles. The lowest BCUT2D eigenvalue weighted by atomic mass is 9.91. The van der Waals surface area contributed by atoms with Gasteiger partial charge in [0.2, 0.25) is 0 Å². The van der Waals surface area contributed by atoms with Crippen LogP contribution in [0.1, 0.15) is 36.9 Å². The van der Waals surface area contributed by atoms with Gasteiger partial charge in [-0.1, -0.05) is 12.5 Å². The second-order valence-electron chi connectivity index (χ2n) is 6.06. The maximum Gasteiger partial charge on any atom is 0.0372 e. The van der Waals surface area contributed by atoms with Crippen LogP contribution in [0.2, 0.25) is 0 Å². The number of hydrogen-bond donors (Lipinski definition) is 0. The number of rotatable bonds is 3. The van der Waals surface area contributed by atoms with Gasteiger partial charge >= 0.3 is 0 Å². The zero-order valence-corrected chi connectivity index (χ0v) is 12.0. The average Bonchev–Trinajstić information content (AvgIpc) is 2.56. The summed E-state index contributed by atoms with van der Waals surface area (Å²) in [6.45, 7) is 8.11. The van der Waals surface area contributed by atoms with E-state index in [1.165, 1.54) is 57.4 Å². The van der Waals surface area contributed by atoms with Crippen molar-refractivity contribution in [2.24, 2.45) is 0 Å². The van der Waals surface area contributed by atoms with Crippen molar-refractivity contribution in [1.82, 2.24) is 14.8 Å². The first-order valence-electron chi connectivity index (χ1n) is 7.69. The third-order valence-electron chi connectivity index (χ3n) is 4.59. The minimum Gasteiger partial charge on any atom is -0.299 e. The largest absolute Gasteiger partial charge is 0.299 e. The van der Waals surface area contributed by atoms with Crippen LogP contribution in [0, 0.1) is 6.92 Å². The molecule has 3 nitrogen and oxygen atoms in total. The molecular formula is C16H25N3. The summed E-state index contributed by atoms with van der Waals surface area (Å²) in [5.74, 6) is 0. The summed E-state index contributed by atoms with van der Waals surface area (Å²) in [5, 5.41) is 0. The van der Waals surface area contributed by atoms with Gasteiger partial charge in [0.1, 0.15) is 0 Å². The minimum atomic E-state index is 0.904. The average molecular weight is 259 g/mol. The van der Waals surface area contributed by atoms with E-state index in [1.54, 1.807) is 0 Å². The molecule has 1 aliphatic heterocycles. The fourth-order valence-corrected chi connectivity index (χ4v) is 3.12. The van der Waals surface area contributed by atoms with Crippen LogP contribution in [0.3, 0.4) is 0 Å². The number of aromatic nitrogens is 1. The Labute approximate surface area is 116 Å². The zero-order valence-electron chi connectivity index (χ0n) is 12.0. The maximum atomic E-state index is 4.40. The Morgan fingerprint density at radius 2 is 2.00 bits per heavy atom. The van der Waals surface area contributed by atoms with E-state index in [9.17, 15) is 0 Å². The van der Waals surface area contributed by atoms with Gasteiger partial charge in [-0.2, -0.15) is 0 Å². The molecule has 0 atom stereocenters. The standard InChI is InChI=1S/C16H25N3/c1-14-6-7-15(12-17-14)13-18-8-3-9-19(11-10-18)16-4-2-5-16/h6-7,12,16H,2-5,8-11,13H2,1H3. The summed E-state index contributed by atoms with van der Waals surface area (Å²) in [7, 11) is 0. The Bertz CT molecular complexity index is 397. The van der Waals surface area contributed by atoms with E-state index in [2.05, 4.69) is 26.9 Å². The molecule has 2 fully saturated rings. The highest BCUT2D eigenvalue weighted by molar-refractivity contribution is 5.13. The number of nitrogens with zero attached hydrogens (tertiary/aromatic N) is 3. The Hall–Kier alpha value is -0.930. The summed E-state index contributed by atoms with van der Waals surface area (Å²) in [4.78, 5) is 9.70. The molecule has 1 aliphatic carbocycles. The van der Waals surface area contributed by atoms with Crippen molar-refractivity contribution in [3.05, 3.63) is 29.6 Å². The smallest absolute Gasteiger partial charge is 0.0372 e. The molecule has 0 unspecified atom stereocenters. The van der Waals surface area contributed by atoms with Gasteiger partial charge < -0.3 is 0 Å². The first-order chi connectivity index (χ1) is 9.31. The Balaban J connectivity index is 1.53. The van der Waals surface area contributed by atoms with Crippen molar-refractivity contribution in [2.75, 3.05) is 26.2 Å². The van der Waals surface area contributed by atoms with Crippen molar-refractivity contribution >= 4 is 0 Å². The van der Waals surface area contributed by atoms with Crippen LogP contribution in [0.5, 0.6) is 0 Å². The van der Waals surface area contributed by atoms with Crippen LogP contribution in [0.4, 0.5) is 0 Å². The zero-order chi connectivity index (χ0) is 13.1. The van der Waals surface area contributed by atoms with Crippen LogP contribution in [-0.2, 0) is 6.54 Å². The molecule has 1 saturated heterocycles. The van der Waals surface area contributed by atoms with E-state index in [4.69, 9.17) is 0 Å². The highest BCUT2D eigenvalue weighted by atomic mass is 15.2. The Morgan fingerprint density at radius 1 is 1.11 bits per heavy atom. The molecule has 2 aliphatic rings. The second-order valence-corrected chi connectivity index (χ2v) is 6.06. The second kappa shape index (κ2) is 6.02. The molecule has 1 aromatic rings. The summed E-state index contributed by atoms with van der Waals surface area (Å²) in [6.07, 6.45) is 7.66. The Morgan fingerprint density at radius 3 is 2.68 bits per heavy atom. The lowest BCUT2D eigenvalue weighted by Crippen LogP contribution is -2.42. The monoisotopic (exact) mass is 259 g/mol. The third-order valence-corrected chi connectivity index (χ3v) is 4.59. The van der Waals surface area contributed by atoms with Gasteiger partial charge in [-0.15, -0.1) is 0 Å². The van der Waals surface area contributed by atoms with E-state index in [1.807, 2.05) is 13.1 Å². The van der Waals surface area contributed by atoms with Crippen molar-refractivity contribution < 1.29 is 0 Å². The molecule has 0 amide bonds. The molecule has 1 saturated carbocycles. The molecule has 0 radical (unpaired) electrons. The van der Waals surface area contributed by atoms with Crippen molar-refractivity contribution in [1.29, 1.82) is 0 Å². The molecule has 2 heterocycles. The van der Waals surface area contributed by atoms with E-state index in [0.29, 0.717) is 0 Å². The topological polar surface area (TPSA) is 19.4 Å². The molecule has 0 bridgehead atoms. The van der Waals surface area contributed by atoms with Crippen LogP contribution in [-0.4, -0.2) is 47.0 Å². The lowest BCUT2D eigenvalue weighted by molar-refractivity contribution is 0.130. The molecule has 3 heteroatoms. The summed E-state index contributed by atoms with van der Waals surface area (Å²) in [5.41, 5.74) is 2.46. The van der Waals surface area contributed by atoms with Crippen LogP contribution in [0.15, 0.2) is 18.3 Å². The fraction of sp³-hybridized carbons (Fsp3) is 0.688. The van der Waals surface area contributed by atoms with Gasteiger partial charge in [-0.3, -0.25) is 14.8 Å². The van der Waals surface area contributed by atoms with Gasteiger partial charge in [0.15, 0.2) is 0 Å². The van der Waals surface area contributed by atoms with E-state index in [-0.39, 0.29) is 0 Å². The number of aryl methyl sites for hydroxylation is 1. The molecular weight excluding hydrogens is 234 g/mol. The first kappa shape index (κ1) is 13.1. The van der Waals surface area contributed by atoms with Gasteiger partial charge in [-0.25, -0.2) is 0 Å². The van der Waals surface area contributed by atoms with Crippen molar-refractivity contribution in [2.45, 2.75) is 45.2 Å². The number of pyridine rings is 1. The summed E-state index contributed by atoms with van der Waals surface area (Å²) in [6, 6.07) is 5.24. The summed E-state index contributed by atoms with van der Waals surface area (Å²) >= 11 is 0. The van der Waals surface area contributed by atoms with Crippen molar-refractivity contribution in [3.8, 4) is 0 Å². The summed E-state index contributed by atoms with van der Waals surface area (Å²) < 4.78 is 0. The van der Waals surface area contributed by atoms with Gasteiger partial charge in [0, 0.05) is 37.6 Å². The van der Waals surface area contributed by atoms with Crippen LogP contribution >= 0.6 is 0 Å². The highest BCUT2D eigenvalue weighted by Crippen LogP contribution is 2.25. The van der Waals surface area contributed by atoms with Gasteiger partial charge in [-0.05, 0) is 50.9 Å². The molecule has 0 N–H and O–H groups in total. The SMILES string of the molecule is Cc1ccc(CN2CCCN(C3CCC3)CC2)cn1. The highest BCUT2D eigenvalue weighted by Gasteiger charge is 2.26. The predicted molar refractivity (Wildman–Crippen MR) is 78.1 cm³/mol. The van der Waals surface area contributed by atoms with Crippen LogP contribution < -0.4 is 0 Å². The van der Waals surface area contributed by atoms with E-state index < -0.39 is 0 Å². The minimum absolute atomic E-state index is 0.904. The molecule has 19 heavy (non-hydrogen) atoms. The first-order valence-corrected chi connectivity index (χ1v) is 7.69. The fourth-order valence-electron chi connectivity index (χ4n) is 3.12. The molecule has 104 valence electrons. The van der Waals surface area contributed by atoms with E-state index >= 15 is 0 Å². The quantitative estimate of drug-likeness (QED) is 0.831. The Kier molecular flexibility index (Phi) is 4.14. The lowest BCUT2D eigenvalue weighted by Gasteiger charge is -2.36. The number of hydrogen-bond acceptors (Lipinski definition) is 3. The third kappa shape index (κ3) is 3.34. The molecule has 0 aromatic carbocycles. The van der Waals surface area contributed by atoms with Crippen LogP contribution in [0.25, 0.3) is 0 Å². The predicted octanol–water partition coefficient (Wildman–Crippen LogP) is 2.45.